The zero-order valence-corrected chi connectivity index (χ0v) is 9.93. The third-order valence-electron chi connectivity index (χ3n) is 1.90. The highest BCUT2D eigenvalue weighted by molar-refractivity contribution is 5.92. The van der Waals surface area contributed by atoms with Crippen molar-refractivity contribution in [3.05, 3.63) is 18.3 Å². The first-order valence-corrected chi connectivity index (χ1v) is 5.13. The summed E-state index contributed by atoms with van der Waals surface area (Å²) < 4.78 is 14.9. The molecule has 6 nitrogen and oxygen atoms in total. The van der Waals surface area contributed by atoms with Crippen LogP contribution in [0.5, 0.6) is 5.88 Å². The largest absolute Gasteiger partial charge is 0.480 e. The van der Waals surface area contributed by atoms with Crippen LogP contribution in [0.15, 0.2) is 18.3 Å². The van der Waals surface area contributed by atoms with Crippen LogP contribution in [0.3, 0.4) is 0 Å². The Morgan fingerprint density at radius 3 is 2.94 bits per heavy atom. The predicted molar refractivity (Wildman–Crippen MR) is 62.1 cm³/mol. The molecule has 1 heterocycles. The molecule has 0 saturated heterocycles. The molecule has 0 radical (unpaired) electrons. The number of pyridine rings is 1. The minimum atomic E-state index is -0.257. The fraction of sp³-hybridized carbons (Fsp3) is 0.455. The zero-order valence-electron chi connectivity index (χ0n) is 9.93. The molecule has 1 aromatic rings. The minimum absolute atomic E-state index is 0.0264. The summed E-state index contributed by atoms with van der Waals surface area (Å²) in [5.74, 6) is 0.116. The van der Waals surface area contributed by atoms with Crippen molar-refractivity contribution in [3.8, 4) is 5.88 Å². The van der Waals surface area contributed by atoms with Gasteiger partial charge in [0, 0.05) is 13.3 Å². The fourth-order valence-electron chi connectivity index (χ4n) is 1.14. The molecule has 0 aliphatic rings. The van der Waals surface area contributed by atoms with Crippen molar-refractivity contribution in [2.75, 3.05) is 39.4 Å². The van der Waals surface area contributed by atoms with E-state index >= 15 is 0 Å². The lowest BCUT2D eigenvalue weighted by Crippen LogP contribution is -2.20. The molecule has 1 N–H and O–H groups in total. The topological polar surface area (TPSA) is 69.7 Å². The predicted octanol–water partition coefficient (Wildman–Crippen LogP) is 0.692. The number of carbonyl (C=O) groups is 1. The van der Waals surface area contributed by atoms with E-state index in [4.69, 9.17) is 14.2 Å². The second-order valence-electron chi connectivity index (χ2n) is 3.15. The molecule has 1 aromatic heterocycles. The van der Waals surface area contributed by atoms with E-state index in [1.165, 1.54) is 7.11 Å². The van der Waals surface area contributed by atoms with Crippen molar-refractivity contribution >= 4 is 11.6 Å². The number of hydrogen-bond donors (Lipinski definition) is 1. The van der Waals surface area contributed by atoms with Gasteiger partial charge in [-0.15, -0.1) is 0 Å². The maximum absolute atomic E-state index is 11.5. The summed E-state index contributed by atoms with van der Waals surface area (Å²) in [6.07, 6.45) is 1.59. The normalized spacial score (nSPS) is 10.0. The highest BCUT2D eigenvalue weighted by Crippen LogP contribution is 2.19. The quantitative estimate of drug-likeness (QED) is 0.710. The van der Waals surface area contributed by atoms with E-state index in [9.17, 15) is 4.79 Å². The standard InChI is InChI=1S/C11H16N2O4/c1-15-6-7-17-8-10(14)13-9-4-3-5-12-11(9)16-2/h3-5H,6-8H2,1-2H3,(H,13,14). The smallest absolute Gasteiger partial charge is 0.250 e. The second-order valence-corrected chi connectivity index (χ2v) is 3.15. The molecule has 0 bridgehead atoms. The van der Waals surface area contributed by atoms with Crippen LogP contribution in [0.1, 0.15) is 0 Å². The molecule has 17 heavy (non-hydrogen) atoms. The van der Waals surface area contributed by atoms with Gasteiger partial charge >= 0.3 is 0 Å². The maximum atomic E-state index is 11.5. The third kappa shape index (κ3) is 4.80. The number of methoxy groups -OCH3 is 2. The number of nitrogens with zero attached hydrogens (tertiary/aromatic N) is 1. The Hall–Kier alpha value is -1.66. The van der Waals surface area contributed by atoms with Crippen molar-refractivity contribution in [2.24, 2.45) is 0 Å². The molecular formula is C11H16N2O4. The zero-order chi connectivity index (χ0) is 12.5. The maximum Gasteiger partial charge on any atom is 0.250 e. The number of aromatic nitrogens is 1. The number of hydrogen-bond acceptors (Lipinski definition) is 5. The van der Waals surface area contributed by atoms with Gasteiger partial charge in [-0.1, -0.05) is 0 Å². The van der Waals surface area contributed by atoms with Crippen LogP contribution in [0.4, 0.5) is 5.69 Å². The SMILES string of the molecule is COCCOCC(=O)Nc1cccnc1OC. The van der Waals surface area contributed by atoms with Gasteiger partial charge in [0.1, 0.15) is 12.3 Å². The van der Waals surface area contributed by atoms with Crippen LogP contribution in [0, 0.1) is 0 Å². The lowest BCUT2D eigenvalue weighted by molar-refractivity contribution is -0.121. The van der Waals surface area contributed by atoms with Crippen LogP contribution >= 0.6 is 0 Å². The number of rotatable bonds is 7. The first kappa shape index (κ1) is 13.4. The van der Waals surface area contributed by atoms with Gasteiger partial charge in [0.15, 0.2) is 0 Å². The summed E-state index contributed by atoms with van der Waals surface area (Å²) in [4.78, 5) is 15.4. The fourth-order valence-corrected chi connectivity index (χ4v) is 1.14. The summed E-state index contributed by atoms with van der Waals surface area (Å²) >= 11 is 0. The van der Waals surface area contributed by atoms with Gasteiger partial charge in [-0.2, -0.15) is 0 Å². The minimum Gasteiger partial charge on any atom is -0.480 e. The van der Waals surface area contributed by atoms with Crippen LogP contribution in [-0.4, -0.2) is 44.9 Å². The van der Waals surface area contributed by atoms with Crippen molar-refractivity contribution < 1.29 is 19.0 Å². The van der Waals surface area contributed by atoms with Gasteiger partial charge in [-0.3, -0.25) is 4.79 Å². The molecule has 0 spiro atoms. The Labute approximate surface area is 99.9 Å². The summed E-state index contributed by atoms with van der Waals surface area (Å²) in [5, 5.41) is 2.65. The molecular weight excluding hydrogens is 224 g/mol. The molecule has 1 amide bonds. The molecule has 0 aliphatic heterocycles. The van der Waals surface area contributed by atoms with Crippen LogP contribution in [0.2, 0.25) is 0 Å². The molecule has 0 aromatic carbocycles. The van der Waals surface area contributed by atoms with Gasteiger partial charge in [0.2, 0.25) is 5.88 Å². The van der Waals surface area contributed by atoms with E-state index in [1.807, 2.05) is 0 Å². The van der Waals surface area contributed by atoms with Gasteiger partial charge < -0.3 is 19.5 Å². The number of anilines is 1. The Balaban J connectivity index is 2.39. The molecule has 0 saturated carbocycles. The Morgan fingerprint density at radius 1 is 1.41 bits per heavy atom. The lowest BCUT2D eigenvalue weighted by Gasteiger charge is -2.08. The Morgan fingerprint density at radius 2 is 2.24 bits per heavy atom. The van der Waals surface area contributed by atoms with Crippen LogP contribution in [-0.2, 0) is 14.3 Å². The molecule has 6 heteroatoms. The number of ether oxygens (including phenoxy) is 3. The second kappa shape index (κ2) is 7.59. The molecule has 94 valence electrons. The third-order valence-corrected chi connectivity index (χ3v) is 1.90. The Kier molecular flexibility index (Phi) is 5.98. The van der Waals surface area contributed by atoms with E-state index in [0.29, 0.717) is 24.8 Å². The average molecular weight is 240 g/mol. The first-order valence-electron chi connectivity index (χ1n) is 5.13. The van der Waals surface area contributed by atoms with Crippen molar-refractivity contribution in [2.45, 2.75) is 0 Å². The molecule has 0 unspecified atom stereocenters. The summed E-state index contributed by atoms with van der Waals surface area (Å²) in [5.41, 5.74) is 0.523. The highest BCUT2D eigenvalue weighted by Gasteiger charge is 2.07. The van der Waals surface area contributed by atoms with Crippen LogP contribution in [0.25, 0.3) is 0 Å². The monoisotopic (exact) mass is 240 g/mol. The van der Waals surface area contributed by atoms with E-state index in [-0.39, 0.29) is 12.5 Å². The average Bonchev–Trinajstić information content (AvgIpc) is 2.35. The molecule has 0 fully saturated rings. The van der Waals surface area contributed by atoms with Gasteiger partial charge in [-0.05, 0) is 12.1 Å². The molecule has 0 atom stereocenters. The Bertz CT molecular complexity index is 357. The van der Waals surface area contributed by atoms with Gasteiger partial charge in [0.25, 0.3) is 5.91 Å². The van der Waals surface area contributed by atoms with Crippen molar-refractivity contribution in [1.29, 1.82) is 0 Å². The number of amides is 1. The first-order chi connectivity index (χ1) is 8.27. The van der Waals surface area contributed by atoms with E-state index < -0.39 is 0 Å². The summed E-state index contributed by atoms with van der Waals surface area (Å²) in [7, 11) is 3.07. The van der Waals surface area contributed by atoms with Gasteiger partial charge in [-0.25, -0.2) is 4.98 Å². The lowest BCUT2D eigenvalue weighted by atomic mass is 10.4. The van der Waals surface area contributed by atoms with E-state index in [0.717, 1.165) is 0 Å². The van der Waals surface area contributed by atoms with Gasteiger partial charge in [0.05, 0.1) is 20.3 Å². The van der Waals surface area contributed by atoms with E-state index in [2.05, 4.69) is 10.3 Å². The van der Waals surface area contributed by atoms with Crippen molar-refractivity contribution in [3.63, 3.8) is 0 Å². The van der Waals surface area contributed by atoms with Crippen LogP contribution < -0.4 is 10.1 Å². The summed E-state index contributed by atoms with van der Waals surface area (Å²) in [6.45, 7) is 0.818. The summed E-state index contributed by atoms with van der Waals surface area (Å²) in [6, 6.07) is 3.42. The highest BCUT2D eigenvalue weighted by atomic mass is 16.5. The van der Waals surface area contributed by atoms with E-state index in [1.54, 1.807) is 25.4 Å². The molecule has 0 aliphatic carbocycles. The number of nitrogens with one attached hydrogen (secondary N) is 1. The molecule has 1 rings (SSSR count). The van der Waals surface area contributed by atoms with Crippen molar-refractivity contribution in [1.82, 2.24) is 4.98 Å². The number of carbonyl (C=O) groups excluding carboxylic acids is 1.